The van der Waals surface area contributed by atoms with E-state index >= 15 is 0 Å². The molecule has 0 aromatic heterocycles. The molecule has 1 aromatic rings. The van der Waals surface area contributed by atoms with Crippen molar-refractivity contribution in [3.8, 4) is 0 Å². The second kappa shape index (κ2) is 5.47. The summed E-state index contributed by atoms with van der Waals surface area (Å²) in [5.74, 6) is -0.0359. The first kappa shape index (κ1) is 15.7. The van der Waals surface area contributed by atoms with Crippen molar-refractivity contribution in [1.29, 1.82) is 0 Å². The first-order chi connectivity index (χ1) is 10.3. The van der Waals surface area contributed by atoms with E-state index in [2.05, 4.69) is 17.5 Å². The normalized spacial score (nSPS) is 26.1. The summed E-state index contributed by atoms with van der Waals surface area (Å²) in [5, 5.41) is 4.52. The van der Waals surface area contributed by atoms with Crippen LogP contribution in [0.1, 0.15) is 38.7 Å². The Morgan fingerprint density at radius 1 is 1.27 bits per heavy atom. The highest BCUT2D eigenvalue weighted by Crippen LogP contribution is 2.49. The number of allylic oxidation sites excluding steroid dienone is 2. The number of hydrogen-bond acceptors (Lipinski definition) is 3. The van der Waals surface area contributed by atoms with Gasteiger partial charge in [-0.1, -0.05) is 35.4 Å². The van der Waals surface area contributed by atoms with Crippen molar-refractivity contribution >= 4 is 34.9 Å². The molecular weight excluding hydrogens is 321 g/mol. The molecule has 1 aliphatic heterocycles. The molecule has 1 heterocycles. The van der Waals surface area contributed by atoms with Gasteiger partial charge in [0.1, 0.15) is 11.6 Å². The topological polar surface area (TPSA) is 38.3 Å². The van der Waals surface area contributed by atoms with Crippen LogP contribution < -0.4 is 5.32 Å². The summed E-state index contributed by atoms with van der Waals surface area (Å²) in [6.07, 6.45) is 5.04. The molecule has 3 nitrogen and oxygen atoms in total. The van der Waals surface area contributed by atoms with Crippen LogP contribution in [0.3, 0.4) is 0 Å². The van der Waals surface area contributed by atoms with E-state index in [-0.39, 0.29) is 17.8 Å². The van der Waals surface area contributed by atoms with E-state index in [9.17, 15) is 4.79 Å². The van der Waals surface area contributed by atoms with E-state index in [1.165, 1.54) is 0 Å². The predicted molar refractivity (Wildman–Crippen MR) is 89.7 cm³/mol. The molecule has 5 heteroatoms. The highest BCUT2D eigenvalue weighted by atomic mass is 35.5. The van der Waals surface area contributed by atoms with Crippen molar-refractivity contribution in [3.63, 3.8) is 0 Å². The third-order valence-corrected chi connectivity index (χ3v) is 4.72. The molecule has 0 fully saturated rings. The summed E-state index contributed by atoms with van der Waals surface area (Å²) in [6, 6.07) is 3.14. The second-order valence-corrected chi connectivity index (χ2v) is 7.64. The number of benzene rings is 1. The van der Waals surface area contributed by atoms with Crippen molar-refractivity contribution < 1.29 is 9.53 Å². The van der Waals surface area contributed by atoms with Gasteiger partial charge in [0.25, 0.3) is 0 Å². The SMILES string of the molecule is CC(C)(C)OC(=O)[C@H]1Nc2c(Cl)ccc(Cl)c2[C@H]2C=CC[C@@H]12. The number of esters is 1. The zero-order chi connectivity index (χ0) is 16.1. The van der Waals surface area contributed by atoms with E-state index < -0.39 is 11.6 Å². The van der Waals surface area contributed by atoms with E-state index in [1.54, 1.807) is 12.1 Å². The van der Waals surface area contributed by atoms with Crippen LogP contribution in [-0.2, 0) is 9.53 Å². The molecule has 0 amide bonds. The lowest BCUT2D eigenvalue weighted by Gasteiger charge is -2.37. The van der Waals surface area contributed by atoms with Gasteiger partial charge in [-0.3, -0.25) is 0 Å². The molecule has 1 N–H and O–H groups in total. The average molecular weight is 340 g/mol. The highest BCUT2D eigenvalue weighted by molar-refractivity contribution is 6.36. The zero-order valence-corrected chi connectivity index (χ0v) is 14.3. The monoisotopic (exact) mass is 339 g/mol. The number of anilines is 1. The lowest BCUT2D eigenvalue weighted by atomic mass is 9.79. The summed E-state index contributed by atoms with van der Waals surface area (Å²) < 4.78 is 5.57. The Labute approximate surface area is 140 Å². The number of ether oxygens (including phenoxy) is 1. The molecule has 22 heavy (non-hydrogen) atoms. The molecule has 1 aliphatic carbocycles. The van der Waals surface area contributed by atoms with Gasteiger partial charge in [0.15, 0.2) is 0 Å². The first-order valence-corrected chi connectivity index (χ1v) is 8.17. The van der Waals surface area contributed by atoms with E-state index in [4.69, 9.17) is 27.9 Å². The van der Waals surface area contributed by atoms with Gasteiger partial charge in [0, 0.05) is 22.4 Å². The van der Waals surface area contributed by atoms with Gasteiger partial charge in [-0.15, -0.1) is 0 Å². The van der Waals surface area contributed by atoms with Gasteiger partial charge >= 0.3 is 5.97 Å². The number of nitrogens with one attached hydrogen (secondary N) is 1. The number of fused-ring (bicyclic) bond motifs is 3. The van der Waals surface area contributed by atoms with Gasteiger partial charge < -0.3 is 10.1 Å². The molecule has 3 rings (SSSR count). The third kappa shape index (κ3) is 2.72. The van der Waals surface area contributed by atoms with Crippen LogP contribution in [0.25, 0.3) is 0 Å². The Morgan fingerprint density at radius 2 is 1.95 bits per heavy atom. The molecule has 0 spiro atoms. The highest BCUT2D eigenvalue weighted by Gasteiger charge is 2.43. The Hall–Kier alpha value is -1.19. The van der Waals surface area contributed by atoms with Crippen LogP contribution in [0.2, 0.25) is 10.0 Å². The number of carbonyl (C=O) groups excluding carboxylic acids is 1. The van der Waals surface area contributed by atoms with Gasteiger partial charge in [0.2, 0.25) is 0 Å². The van der Waals surface area contributed by atoms with Crippen molar-refractivity contribution in [1.82, 2.24) is 0 Å². The van der Waals surface area contributed by atoms with Crippen LogP contribution in [0.4, 0.5) is 5.69 Å². The predicted octanol–water partition coefficient (Wildman–Crippen LogP) is 4.79. The minimum absolute atomic E-state index is 0.0972. The summed E-state index contributed by atoms with van der Waals surface area (Å²) in [7, 11) is 0. The maximum atomic E-state index is 12.6. The number of hydrogen-bond donors (Lipinski definition) is 1. The molecule has 3 atom stereocenters. The van der Waals surface area contributed by atoms with E-state index in [1.807, 2.05) is 20.8 Å². The average Bonchev–Trinajstić information content (AvgIpc) is 2.88. The van der Waals surface area contributed by atoms with Crippen LogP contribution in [0.5, 0.6) is 0 Å². The minimum Gasteiger partial charge on any atom is -0.458 e. The van der Waals surface area contributed by atoms with Gasteiger partial charge in [-0.05, 0) is 39.3 Å². The Kier molecular flexibility index (Phi) is 3.90. The Bertz CT molecular complexity index is 649. The summed E-state index contributed by atoms with van der Waals surface area (Å²) in [4.78, 5) is 12.6. The largest absolute Gasteiger partial charge is 0.458 e. The summed E-state index contributed by atoms with van der Waals surface area (Å²) in [5.41, 5.74) is 1.21. The number of halogens is 2. The van der Waals surface area contributed by atoms with Crippen molar-refractivity contribution in [2.24, 2.45) is 5.92 Å². The minimum atomic E-state index is -0.515. The van der Waals surface area contributed by atoms with Gasteiger partial charge in [0.05, 0.1) is 10.7 Å². The molecule has 0 saturated carbocycles. The van der Waals surface area contributed by atoms with E-state index in [0.29, 0.717) is 10.0 Å². The molecule has 0 saturated heterocycles. The number of carbonyl (C=O) groups is 1. The molecule has 0 unspecified atom stereocenters. The molecule has 0 radical (unpaired) electrons. The lowest BCUT2D eigenvalue weighted by Crippen LogP contribution is -2.45. The Morgan fingerprint density at radius 3 is 2.64 bits per heavy atom. The van der Waals surface area contributed by atoms with Gasteiger partial charge in [-0.25, -0.2) is 4.79 Å². The standard InChI is InChI=1S/C17H19Cl2NO2/c1-17(2,3)22-16(21)14-10-6-4-5-9(10)13-11(18)7-8-12(19)15(13)20-14/h4-5,7-10,14,20H,6H2,1-3H3/t9-,10+,14-/m0/s1. The fourth-order valence-corrected chi connectivity index (χ4v) is 3.73. The first-order valence-electron chi connectivity index (χ1n) is 7.42. The maximum absolute atomic E-state index is 12.6. The maximum Gasteiger partial charge on any atom is 0.329 e. The van der Waals surface area contributed by atoms with Crippen molar-refractivity contribution in [2.75, 3.05) is 5.32 Å². The van der Waals surface area contributed by atoms with E-state index in [0.717, 1.165) is 17.7 Å². The van der Waals surface area contributed by atoms with Crippen LogP contribution >= 0.6 is 23.2 Å². The molecule has 118 valence electrons. The van der Waals surface area contributed by atoms with Crippen LogP contribution in [0, 0.1) is 5.92 Å². The number of rotatable bonds is 1. The van der Waals surface area contributed by atoms with Crippen LogP contribution in [-0.4, -0.2) is 17.6 Å². The molecule has 2 aliphatic rings. The van der Waals surface area contributed by atoms with Crippen molar-refractivity contribution in [3.05, 3.63) is 39.9 Å². The third-order valence-electron chi connectivity index (χ3n) is 4.08. The lowest BCUT2D eigenvalue weighted by molar-refractivity contribution is -0.157. The second-order valence-electron chi connectivity index (χ2n) is 6.83. The molecule has 1 aromatic carbocycles. The smallest absolute Gasteiger partial charge is 0.329 e. The summed E-state index contributed by atoms with van der Waals surface area (Å²) >= 11 is 12.7. The molecular formula is C17H19Cl2NO2. The Balaban J connectivity index is 2.00. The zero-order valence-electron chi connectivity index (χ0n) is 12.8. The van der Waals surface area contributed by atoms with Crippen LogP contribution in [0.15, 0.2) is 24.3 Å². The quantitative estimate of drug-likeness (QED) is 0.590. The molecule has 0 bridgehead atoms. The fraction of sp³-hybridized carbons (Fsp3) is 0.471. The van der Waals surface area contributed by atoms with Gasteiger partial charge in [-0.2, -0.15) is 0 Å². The fourth-order valence-electron chi connectivity index (χ4n) is 3.23. The van der Waals surface area contributed by atoms with Crippen molar-refractivity contribution in [2.45, 2.75) is 44.8 Å². The summed E-state index contributed by atoms with van der Waals surface area (Å²) in [6.45, 7) is 5.61.